The molecule has 1 aliphatic heterocycles. The number of amidine groups is 1. The highest BCUT2D eigenvalue weighted by atomic mass is 19.3. The number of alkyl halides is 2. The Morgan fingerprint density at radius 3 is 2.54 bits per heavy atom. The van der Waals surface area contributed by atoms with Crippen molar-refractivity contribution in [2.75, 3.05) is 0 Å². The highest BCUT2D eigenvalue weighted by Gasteiger charge is 2.60. The van der Waals surface area contributed by atoms with E-state index >= 15 is 0 Å². The lowest BCUT2D eigenvalue weighted by molar-refractivity contribution is -0.177. The molecule has 6 heteroatoms. The van der Waals surface area contributed by atoms with E-state index in [1.807, 2.05) is 19.1 Å². The van der Waals surface area contributed by atoms with E-state index in [-0.39, 0.29) is 11.5 Å². The predicted octanol–water partition coefficient (Wildman–Crippen LogP) is 3.40. The molecular weight excluding hydrogens is 312 g/mol. The van der Waals surface area contributed by atoms with Gasteiger partial charge in [-0.25, -0.2) is 4.99 Å². The molecule has 1 saturated carbocycles. The van der Waals surface area contributed by atoms with E-state index in [9.17, 15) is 8.78 Å². The third kappa shape index (κ3) is 2.12. The van der Waals surface area contributed by atoms with Gasteiger partial charge in [0, 0.05) is 11.0 Å². The first-order chi connectivity index (χ1) is 11.5. The maximum Gasteiger partial charge on any atom is 0.345 e. The van der Waals surface area contributed by atoms with E-state index in [1.165, 1.54) is 5.56 Å². The van der Waals surface area contributed by atoms with Crippen LogP contribution < -0.4 is 5.73 Å². The van der Waals surface area contributed by atoms with Gasteiger partial charge >= 0.3 is 6.61 Å². The highest BCUT2D eigenvalue weighted by molar-refractivity contribution is 6.41. The minimum atomic E-state index is -2.71. The number of halogens is 2. The van der Waals surface area contributed by atoms with Crippen molar-refractivity contribution in [1.82, 2.24) is 0 Å². The van der Waals surface area contributed by atoms with Gasteiger partial charge in [-0.05, 0) is 44.6 Å². The molecule has 2 spiro atoms. The molecule has 128 valence electrons. The van der Waals surface area contributed by atoms with E-state index in [0.29, 0.717) is 18.7 Å². The monoisotopic (exact) mass is 333 g/mol. The minimum Gasteiger partial charge on any atom is -0.382 e. The highest BCUT2D eigenvalue weighted by Crippen LogP contribution is 2.61. The topological polar surface area (TPSA) is 60.0 Å². The van der Waals surface area contributed by atoms with Crippen molar-refractivity contribution < 1.29 is 13.5 Å². The zero-order valence-corrected chi connectivity index (χ0v) is 13.6. The molecule has 2 N–H and O–H groups in total. The summed E-state index contributed by atoms with van der Waals surface area (Å²) in [5, 5.41) is 0. The van der Waals surface area contributed by atoms with Gasteiger partial charge in [0.1, 0.15) is 5.84 Å². The Labute approximate surface area is 139 Å². The van der Waals surface area contributed by atoms with Crippen LogP contribution in [0, 0.1) is 5.41 Å². The average molecular weight is 333 g/mol. The van der Waals surface area contributed by atoms with Crippen molar-refractivity contribution >= 4 is 11.5 Å². The third-order valence-corrected chi connectivity index (χ3v) is 5.83. The van der Waals surface area contributed by atoms with Gasteiger partial charge in [-0.2, -0.15) is 8.78 Å². The smallest absolute Gasteiger partial charge is 0.345 e. The minimum absolute atomic E-state index is 0.193. The van der Waals surface area contributed by atoms with Gasteiger partial charge in [-0.15, -0.1) is 0 Å². The summed E-state index contributed by atoms with van der Waals surface area (Å²) in [6.07, 6.45) is 3.19. The van der Waals surface area contributed by atoms with Gasteiger partial charge in [0.15, 0.2) is 5.66 Å². The zero-order chi connectivity index (χ0) is 16.9. The first-order valence-corrected chi connectivity index (χ1v) is 8.40. The van der Waals surface area contributed by atoms with Crippen LogP contribution >= 0.6 is 0 Å². The molecule has 24 heavy (non-hydrogen) atoms. The quantitative estimate of drug-likeness (QED) is 0.902. The second-order valence-electron chi connectivity index (χ2n) is 7.08. The van der Waals surface area contributed by atoms with E-state index in [2.05, 4.69) is 12.1 Å². The van der Waals surface area contributed by atoms with Crippen LogP contribution in [0.2, 0.25) is 0 Å². The summed E-state index contributed by atoms with van der Waals surface area (Å²) in [6.45, 7) is -0.826. The second kappa shape index (κ2) is 5.34. The van der Waals surface area contributed by atoms with Crippen LogP contribution in [0.3, 0.4) is 0 Å². The van der Waals surface area contributed by atoms with Crippen LogP contribution in [0.5, 0.6) is 0 Å². The molecule has 1 atom stereocenters. The Kier molecular flexibility index (Phi) is 3.49. The second-order valence-corrected chi connectivity index (χ2v) is 7.08. The molecule has 1 aromatic rings. The van der Waals surface area contributed by atoms with Gasteiger partial charge in [0.05, 0.1) is 11.8 Å². The average Bonchev–Trinajstić information content (AvgIpc) is 2.98. The summed E-state index contributed by atoms with van der Waals surface area (Å²) in [5.74, 6) is 0.483. The molecule has 1 aromatic carbocycles. The van der Waals surface area contributed by atoms with E-state index in [1.54, 1.807) is 0 Å². The summed E-state index contributed by atoms with van der Waals surface area (Å²) in [7, 11) is 0. The van der Waals surface area contributed by atoms with Crippen LogP contribution in [-0.4, -0.2) is 24.3 Å². The van der Waals surface area contributed by atoms with Crippen LogP contribution in [0.15, 0.2) is 34.3 Å². The van der Waals surface area contributed by atoms with Crippen molar-refractivity contribution in [3.63, 3.8) is 0 Å². The van der Waals surface area contributed by atoms with Crippen LogP contribution in [0.25, 0.3) is 0 Å². The van der Waals surface area contributed by atoms with Crippen molar-refractivity contribution in [2.24, 2.45) is 21.1 Å². The van der Waals surface area contributed by atoms with E-state index in [0.717, 1.165) is 30.5 Å². The fourth-order valence-corrected chi connectivity index (χ4v) is 4.68. The van der Waals surface area contributed by atoms with Crippen LogP contribution in [0.4, 0.5) is 8.78 Å². The first kappa shape index (κ1) is 15.7. The maximum atomic E-state index is 12.5. The Morgan fingerprint density at radius 1 is 1.21 bits per heavy atom. The summed E-state index contributed by atoms with van der Waals surface area (Å²) in [6, 6.07) is 8.21. The molecule has 1 unspecified atom stereocenters. The molecule has 0 radical (unpaired) electrons. The molecule has 0 saturated heterocycles. The molecule has 2 aliphatic carbocycles. The summed E-state index contributed by atoms with van der Waals surface area (Å²) >= 11 is 0. The summed E-state index contributed by atoms with van der Waals surface area (Å²) in [5.41, 5.74) is 8.30. The molecule has 1 heterocycles. The standard InChI is InChI=1S/C18H21F2N3O/c1-11-15(21)23-18(22-11)14-5-3-2-4-12(14)10-17(18)8-6-13(7-9-17)24-16(19)20/h2-5,13,16H,6-10H2,1H3,(H2,21,23). The number of fused-ring (bicyclic) bond motifs is 3. The van der Waals surface area contributed by atoms with Crippen molar-refractivity contribution in [3.8, 4) is 0 Å². The van der Waals surface area contributed by atoms with E-state index in [4.69, 9.17) is 20.5 Å². The molecule has 4 nitrogen and oxygen atoms in total. The van der Waals surface area contributed by atoms with E-state index < -0.39 is 12.3 Å². The first-order valence-electron chi connectivity index (χ1n) is 8.40. The molecule has 4 rings (SSSR count). The summed E-state index contributed by atoms with van der Waals surface area (Å²) in [4.78, 5) is 9.71. The van der Waals surface area contributed by atoms with Crippen molar-refractivity contribution in [1.29, 1.82) is 0 Å². The number of hydrogen-bond donors (Lipinski definition) is 1. The molecule has 0 amide bonds. The number of benzene rings is 1. The number of hydrogen-bond acceptors (Lipinski definition) is 4. The van der Waals surface area contributed by atoms with Crippen molar-refractivity contribution in [3.05, 3.63) is 35.4 Å². The number of nitrogens with two attached hydrogens (primary N) is 1. The van der Waals surface area contributed by atoms with Gasteiger partial charge in [0.2, 0.25) is 0 Å². The van der Waals surface area contributed by atoms with Gasteiger partial charge < -0.3 is 10.5 Å². The normalized spacial score (nSPS) is 34.8. The predicted molar refractivity (Wildman–Crippen MR) is 88.3 cm³/mol. The Morgan fingerprint density at radius 2 is 1.92 bits per heavy atom. The molecule has 0 bridgehead atoms. The number of ether oxygens (including phenoxy) is 1. The zero-order valence-electron chi connectivity index (χ0n) is 13.6. The Bertz CT molecular complexity index is 703. The molecule has 1 fully saturated rings. The fraction of sp³-hybridized carbons (Fsp3) is 0.556. The Balaban J connectivity index is 1.72. The lowest BCUT2D eigenvalue weighted by Gasteiger charge is -2.44. The lowest BCUT2D eigenvalue weighted by atomic mass is 9.65. The van der Waals surface area contributed by atoms with Gasteiger partial charge in [0.25, 0.3) is 0 Å². The fourth-order valence-electron chi connectivity index (χ4n) is 4.68. The molecular formula is C18H21F2N3O. The third-order valence-electron chi connectivity index (χ3n) is 5.83. The summed E-state index contributed by atoms with van der Waals surface area (Å²) < 4.78 is 29.8. The van der Waals surface area contributed by atoms with Gasteiger partial charge in [-0.3, -0.25) is 4.99 Å². The number of rotatable bonds is 2. The number of aliphatic imine (C=N–C) groups is 2. The lowest BCUT2D eigenvalue weighted by Crippen LogP contribution is -2.43. The molecule has 0 aromatic heterocycles. The maximum absolute atomic E-state index is 12.5. The van der Waals surface area contributed by atoms with Crippen LogP contribution in [0.1, 0.15) is 43.7 Å². The Hall–Kier alpha value is -1.82. The van der Waals surface area contributed by atoms with Crippen molar-refractivity contribution in [2.45, 2.75) is 57.4 Å². The largest absolute Gasteiger partial charge is 0.382 e. The SMILES string of the molecule is CC1=NC2(N=C1N)c1ccccc1CC21CCC(OC(F)F)CC1. The molecule has 3 aliphatic rings. The van der Waals surface area contributed by atoms with Crippen LogP contribution in [-0.2, 0) is 16.8 Å². The number of nitrogens with zero attached hydrogens (tertiary/aromatic N) is 2. The van der Waals surface area contributed by atoms with Gasteiger partial charge in [-0.1, -0.05) is 24.3 Å².